The van der Waals surface area contributed by atoms with Gasteiger partial charge < -0.3 is 4.42 Å². The number of aromatic nitrogens is 1. The first-order valence-corrected chi connectivity index (χ1v) is 6.20. The Morgan fingerprint density at radius 2 is 1.86 bits per heavy atom. The van der Waals surface area contributed by atoms with Gasteiger partial charge in [0, 0.05) is 11.1 Å². The summed E-state index contributed by atoms with van der Waals surface area (Å²) in [6.45, 7) is 0. The second-order valence-corrected chi connectivity index (χ2v) is 4.37. The third kappa shape index (κ3) is 2.18. The van der Waals surface area contributed by atoms with Crippen LogP contribution in [0.2, 0.25) is 0 Å². The number of terminal acetylenes is 2. The van der Waals surface area contributed by atoms with E-state index in [2.05, 4.69) is 16.8 Å². The Morgan fingerprint density at radius 1 is 1.05 bits per heavy atom. The zero-order valence-electron chi connectivity index (χ0n) is 11.0. The Hall–Kier alpha value is -3.30. The van der Waals surface area contributed by atoms with E-state index in [0.29, 0.717) is 27.6 Å². The lowest BCUT2D eigenvalue weighted by atomic mass is 10.1. The molecule has 0 saturated heterocycles. The van der Waals surface area contributed by atoms with E-state index >= 15 is 0 Å². The maximum absolute atomic E-state index is 12.1. The summed E-state index contributed by atoms with van der Waals surface area (Å²) >= 11 is 0. The van der Waals surface area contributed by atoms with Gasteiger partial charge in [-0.3, -0.25) is 0 Å². The molecule has 21 heavy (non-hydrogen) atoms. The summed E-state index contributed by atoms with van der Waals surface area (Å²) in [5.74, 6) is 5.26. The summed E-state index contributed by atoms with van der Waals surface area (Å²) in [6, 6.07) is 12.1. The van der Waals surface area contributed by atoms with Crippen LogP contribution >= 0.6 is 0 Å². The van der Waals surface area contributed by atoms with Gasteiger partial charge in [-0.1, -0.05) is 24.0 Å². The quantitative estimate of drug-likeness (QED) is 0.639. The minimum absolute atomic E-state index is 0.190. The van der Waals surface area contributed by atoms with Crippen molar-refractivity contribution in [1.29, 1.82) is 0 Å². The molecule has 0 bridgehead atoms. The van der Waals surface area contributed by atoms with Crippen LogP contribution in [0.5, 0.6) is 0 Å². The minimum atomic E-state index is -0.467. The molecule has 2 aromatic carbocycles. The molecule has 3 rings (SSSR count). The van der Waals surface area contributed by atoms with E-state index in [9.17, 15) is 4.79 Å². The molecule has 0 aliphatic heterocycles. The topological polar surface area (TPSA) is 43.1 Å². The molecule has 0 radical (unpaired) electrons. The van der Waals surface area contributed by atoms with Gasteiger partial charge in [0.15, 0.2) is 0 Å². The van der Waals surface area contributed by atoms with Crippen molar-refractivity contribution in [1.82, 2.24) is 4.98 Å². The van der Waals surface area contributed by atoms with Gasteiger partial charge in [0.05, 0.1) is 16.5 Å². The second kappa shape index (κ2) is 5.00. The molecule has 0 fully saturated rings. The van der Waals surface area contributed by atoms with Crippen LogP contribution in [-0.4, -0.2) is 4.98 Å². The fourth-order valence-electron chi connectivity index (χ4n) is 2.07. The molecular formula is C18H9NO2. The van der Waals surface area contributed by atoms with Crippen LogP contribution in [0.15, 0.2) is 51.7 Å². The molecule has 3 nitrogen and oxygen atoms in total. The summed E-state index contributed by atoms with van der Waals surface area (Å²) < 4.78 is 5.28. The molecular weight excluding hydrogens is 262 g/mol. The maximum atomic E-state index is 12.1. The monoisotopic (exact) mass is 271 g/mol. The van der Waals surface area contributed by atoms with Gasteiger partial charge in [0.25, 0.3) is 0 Å². The Kier molecular flexibility index (Phi) is 3.03. The molecule has 98 valence electrons. The maximum Gasteiger partial charge on any atom is 0.347 e. The van der Waals surface area contributed by atoms with Crippen LogP contribution < -0.4 is 5.63 Å². The summed E-state index contributed by atoms with van der Waals surface area (Å²) in [4.78, 5) is 16.4. The highest BCUT2D eigenvalue weighted by molar-refractivity contribution is 5.80. The lowest BCUT2D eigenvalue weighted by Gasteiger charge is -2.04. The zero-order chi connectivity index (χ0) is 14.8. The predicted molar refractivity (Wildman–Crippen MR) is 81.6 cm³/mol. The smallest absolute Gasteiger partial charge is 0.347 e. The van der Waals surface area contributed by atoms with Crippen LogP contribution in [0.1, 0.15) is 11.1 Å². The normalized spacial score (nSPS) is 10.0. The van der Waals surface area contributed by atoms with Crippen molar-refractivity contribution in [3.05, 3.63) is 64.0 Å². The zero-order valence-corrected chi connectivity index (χ0v) is 11.0. The van der Waals surface area contributed by atoms with E-state index < -0.39 is 5.63 Å². The standard InChI is InChI=1S/C18H9NO2/c1-3-12-9-10-15-16(11-12)19-17(21-18(15)20)14-8-6-5-7-13(14)4-2/h1-2,5-11H. The first-order chi connectivity index (χ1) is 10.2. The first-order valence-electron chi connectivity index (χ1n) is 6.20. The van der Waals surface area contributed by atoms with Gasteiger partial charge in [-0.25, -0.2) is 9.78 Å². The molecule has 0 amide bonds. The summed E-state index contributed by atoms with van der Waals surface area (Å²) in [7, 11) is 0. The molecule has 0 unspecified atom stereocenters. The van der Waals surface area contributed by atoms with Crippen molar-refractivity contribution in [2.24, 2.45) is 0 Å². The Morgan fingerprint density at radius 3 is 2.62 bits per heavy atom. The van der Waals surface area contributed by atoms with Crippen molar-refractivity contribution in [3.8, 4) is 36.1 Å². The van der Waals surface area contributed by atoms with Gasteiger partial charge in [0.1, 0.15) is 0 Å². The molecule has 0 aliphatic carbocycles. The number of rotatable bonds is 1. The number of benzene rings is 2. The highest BCUT2D eigenvalue weighted by Gasteiger charge is 2.11. The Labute approximate surface area is 121 Å². The van der Waals surface area contributed by atoms with E-state index in [1.54, 1.807) is 36.4 Å². The van der Waals surface area contributed by atoms with Crippen LogP contribution in [0, 0.1) is 24.7 Å². The molecule has 1 aromatic heterocycles. The summed E-state index contributed by atoms with van der Waals surface area (Å²) in [5.41, 5.74) is 1.89. The van der Waals surface area contributed by atoms with Crippen LogP contribution in [0.3, 0.4) is 0 Å². The molecule has 1 heterocycles. The largest absolute Gasteiger partial charge is 0.403 e. The van der Waals surface area contributed by atoms with Crippen molar-refractivity contribution < 1.29 is 4.42 Å². The molecule has 3 aromatic rings. The van der Waals surface area contributed by atoms with Crippen molar-refractivity contribution in [2.45, 2.75) is 0 Å². The Bertz CT molecular complexity index is 984. The van der Waals surface area contributed by atoms with E-state index in [0.717, 1.165) is 0 Å². The van der Waals surface area contributed by atoms with Gasteiger partial charge in [0.2, 0.25) is 5.89 Å². The third-order valence-corrected chi connectivity index (χ3v) is 3.11. The lowest BCUT2D eigenvalue weighted by molar-refractivity contribution is 0.518. The average Bonchev–Trinajstić information content (AvgIpc) is 2.54. The van der Waals surface area contributed by atoms with Gasteiger partial charge in [-0.2, -0.15) is 0 Å². The number of hydrogen-bond acceptors (Lipinski definition) is 3. The SMILES string of the molecule is C#Cc1ccc2c(=O)oc(-c3ccccc3C#C)nc2c1. The summed E-state index contributed by atoms with van der Waals surface area (Å²) in [5, 5.41) is 0.385. The molecule has 3 heteroatoms. The summed E-state index contributed by atoms with van der Waals surface area (Å²) in [6.07, 6.45) is 10.8. The molecule has 0 spiro atoms. The van der Waals surface area contributed by atoms with Crippen molar-refractivity contribution in [3.63, 3.8) is 0 Å². The predicted octanol–water partition coefficient (Wildman–Crippen LogP) is 2.82. The molecule has 0 saturated carbocycles. The highest BCUT2D eigenvalue weighted by Crippen LogP contribution is 2.22. The Balaban J connectivity index is 2.33. The lowest BCUT2D eigenvalue weighted by Crippen LogP contribution is -2.03. The minimum Gasteiger partial charge on any atom is -0.403 e. The highest BCUT2D eigenvalue weighted by atomic mass is 16.4. The van der Waals surface area contributed by atoms with Crippen LogP contribution in [0.25, 0.3) is 22.4 Å². The van der Waals surface area contributed by atoms with E-state index in [-0.39, 0.29) is 5.89 Å². The van der Waals surface area contributed by atoms with Gasteiger partial charge >= 0.3 is 5.63 Å². The number of hydrogen-bond donors (Lipinski definition) is 0. The van der Waals surface area contributed by atoms with Crippen LogP contribution in [0.4, 0.5) is 0 Å². The van der Waals surface area contributed by atoms with E-state index in [1.807, 2.05) is 6.07 Å². The number of nitrogens with zero attached hydrogens (tertiary/aromatic N) is 1. The van der Waals surface area contributed by atoms with E-state index in [1.165, 1.54) is 0 Å². The van der Waals surface area contributed by atoms with Gasteiger partial charge in [-0.15, -0.1) is 12.8 Å². The number of fused-ring (bicyclic) bond motifs is 1. The first kappa shape index (κ1) is 12.7. The van der Waals surface area contributed by atoms with Crippen LogP contribution in [-0.2, 0) is 0 Å². The third-order valence-electron chi connectivity index (χ3n) is 3.11. The fraction of sp³-hybridized carbons (Fsp3) is 0. The fourth-order valence-corrected chi connectivity index (χ4v) is 2.07. The van der Waals surface area contributed by atoms with Gasteiger partial charge in [-0.05, 0) is 30.3 Å². The molecule has 0 atom stereocenters. The molecule has 0 N–H and O–H groups in total. The molecule has 0 aliphatic rings. The van der Waals surface area contributed by atoms with Crippen molar-refractivity contribution in [2.75, 3.05) is 0 Å². The van der Waals surface area contributed by atoms with Crippen molar-refractivity contribution >= 4 is 10.9 Å². The second-order valence-electron chi connectivity index (χ2n) is 4.37. The average molecular weight is 271 g/mol. The van der Waals surface area contributed by atoms with E-state index in [4.69, 9.17) is 17.3 Å².